The van der Waals surface area contributed by atoms with Crippen LogP contribution in [0, 0.1) is 13.8 Å². The molecule has 21 heavy (non-hydrogen) atoms. The summed E-state index contributed by atoms with van der Waals surface area (Å²) in [7, 11) is 0. The summed E-state index contributed by atoms with van der Waals surface area (Å²) in [4.78, 5) is 7.67. The summed E-state index contributed by atoms with van der Waals surface area (Å²) in [6.45, 7) is 3.99. The molecule has 0 radical (unpaired) electrons. The summed E-state index contributed by atoms with van der Waals surface area (Å²) in [5.74, 6) is 0.296. The van der Waals surface area contributed by atoms with Crippen LogP contribution in [0.25, 0.3) is 22.4 Å². The smallest absolute Gasteiger partial charge is 0.146 e. The van der Waals surface area contributed by atoms with Crippen molar-refractivity contribution in [3.05, 3.63) is 44.4 Å². The van der Waals surface area contributed by atoms with Gasteiger partial charge in [0.2, 0.25) is 0 Å². The molecule has 0 aliphatic heterocycles. The lowest BCUT2D eigenvalue weighted by atomic mass is 10.1. The first kappa shape index (κ1) is 14.5. The van der Waals surface area contributed by atoms with Crippen molar-refractivity contribution in [3.63, 3.8) is 0 Å². The number of aromatic amines is 1. The highest BCUT2D eigenvalue weighted by Crippen LogP contribution is 2.44. The van der Waals surface area contributed by atoms with E-state index >= 15 is 0 Å². The fourth-order valence-electron chi connectivity index (χ4n) is 2.39. The minimum absolute atomic E-state index is 0.132. The molecule has 0 bridgehead atoms. The minimum atomic E-state index is -0.139. The van der Waals surface area contributed by atoms with Gasteiger partial charge >= 0.3 is 0 Å². The van der Waals surface area contributed by atoms with Crippen LogP contribution in [0.3, 0.4) is 0 Å². The fourth-order valence-corrected chi connectivity index (χ4v) is 3.09. The molecule has 108 valence electrons. The third-order valence-electron chi connectivity index (χ3n) is 3.30. The number of aromatic hydroxyl groups is 1. The molecule has 1 aromatic heterocycles. The molecule has 3 nitrogen and oxygen atoms in total. The number of phenols is 1. The predicted octanol–water partition coefficient (Wildman–Crippen LogP) is 5.51. The average molecular weight is 342 g/mol. The Balaban J connectivity index is 2.34. The largest absolute Gasteiger partial charge is 0.506 e. The maximum atomic E-state index is 10.2. The summed E-state index contributed by atoms with van der Waals surface area (Å²) in [5.41, 5.74) is 4.16. The number of fused-ring (bicyclic) bond motifs is 1. The van der Waals surface area contributed by atoms with E-state index in [0.29, 0.717) is 11.4 Å². The Morgan fingerprint density at radius 2 is 1.76 bits per heavy atom. The highest BCUT2D eigenvalue weighted by atomic mass is 35.5. The number of hydrogen-bond acceptors (Lipinski definition) is 2. The van der Waals surface area contributed by atoms with Crippen molar-refractivity contribution >= 4 is 45.8 Å². The summed E-state index contributed by atoms with van der Waals surface area (Å²) < 4.78 is 0. The molecule has 1 heterocycles. The summed E-state index contributed by atoms with van der Waals surface area (Å²) in [5, 5.41) is 10.8. The number of benzene rings is 2. The Hall–Kier alpha value is -1.42. The fraction of sp³-hybridized carbons (Fsp3) is 0.133. The summed E-state index contributed by atoms with van der Waals surface area (Å²) in [6, 6.07) is 5.43. The molecule has 0 aliphatic carbocycles. The van der Waals surface area contributed by atoms with Crippen LogP contribution in [0.2, 0.25) is 15.1 Å². The number of H-pyrrole nitrogens is 1. The molecule has 0 amide bonds. The molecule has 6 heteroatoms. The Morgan fingerprint density at radius 3 is 2.48 bits per heavy atom. The summed E-state index contributed by atoms with van der Waals surface area (Å²) in [6.07, 6.45) is 0. The first-order valence-corrected chi connectivity index (χ1v) is 7.35. The van der Waals surface area contributed by atoms with Crippen LogP contribution in [0.15, 0.2) is 18.2 Å². The van der Waals surface area contributed by atoms with Gasteiger partial charge in [0.1, 0.15) is 11.6 Å². The lowest BCUT2D eigenvalue weighted by Gasteiger charge is -2.07. The lowest BCUT2D eigenvalue weighted by Crippen LogP contribution is -1.86. The average Bonchev–Trinajstić information content (AvgIpc) is 2.80. The molecule has 0 fully saturated rings. The van der Waals surface area contributed by atoms with Gasteiger partial charge in [-0.1, -0.05) is 40.9 Å². The van der Waals surface area contributed by atoms with Crippen LogP contribution in [-0.4, -0.2) is 15.1 Å². The molecule has 3 rings (SSSR count). The predicted molar refractivity (Wildman–Crippen MR) is 87.7 cm³/mol. The topological polar surface area (TPSA) is 48.9 Å². The molecular weight excluding hydrogens is 331 g/mol. The highest BCUT2D eigenvalue weighted by molar-refractivity contribution is 6.45. The second-order valence-corrected chi connectivity index (χ2v) is 6.13. The van der Waals surface area contributed by atoms with Crippen LogP contribution in [-0.2, 0) is 0 Å². The van der Waals surface area contributed by atoms with Crippen LogP contribution in [0.5, 0.6) is 5.75 Å². The first-order valence-electron chi connectivity index (χ1n) is 6.22. The van der Waals surface area contributed by atoms with Gasteiger partial charge in [0.15, 0.2) is 0 Å². The highest BCUT2D eigenvalue weighted by Gasteiger charge is 2.19. The second kappa shape index (κ2) is 5.09. The number of aromatic nitrogens is 2. The van der Waals surface area contributed by atoms with Crippen LogP contribution in [0.1, 0.15) is 11.1 Å². The zero-order chi connectivity index (χ0) is 15.3. The van der Waals surface area contributed by atoms with Crippen molar-refractivity contribution in [2.45, 2.75) is 13.8 Å². The molecule has 0 spiro atoms. The normalized spacial score (nSPS) is 11.3. The third kappa shape index (κ3) is 2.35. The Morgan fingerprint density at radius 1 is 1.05 bits per heavy atom. The van der Waals surface area contributed by atoms with Gasteiger partial charge in [0, 0.05) is 0 Å². The quantitative estimate of drug-likeness (QED) is 0.573. The molecule has 2 aromatic carbocycles. The second-order valence-electron chi connectivity index (χ2n) is 4.94. The number of phenolic OH excluding ortho intramolecular Hbond substituents is 1. The number of imidazole rings is 1. The maximum absolute atomic E-state index is 10.2. The third-order valence-corrected chi connectivity index (χ3v) is 4.38. The number of rotatable bonds is 1. The van der Waals surface area contributed by atoms with Gasteiger partial charge in [-0.25, -0.2) is 4.98 Å². The SMILES string of the molecule is Cc1cc(C)c2nc(-c3c(O)c(Cl)cc(Cl)c3Cl)[nH]c2c1. The zero-order valence-electron chi connectivity index (χ0n) is 11.3. The van der Waals surface area contributed by atoms with E-state index in [0.717, 1.165) is 22.2 Å². The van der Waals surface area contributed by atoms with Crippen molar-refractivity contribution in [1.29, 1.82) is 0 Å². The van der Waals surface area contributed by atoms with Gasteiger partial charge in [-0.3, -0.25) is 0 Å². The first-order chi connectivity index (χ1) is 9.88. The molecule has 0 atom stereocenters. The molecule has 0 aliphatic rings. The van der Waals surface area contributed by atoms with Crippen molar-refractivity contribution in [2.75, 3.05) is 0 Å². The summed E-state index contributed by atoms with van der Waals surface area (Å²) >= 11 is 18.2. The Bertz CT molecular complexity index is 845. The number of nitrogens with zero attached hydrogens (tertiary/aromatic N) is 1. The van der Waals surface area contributed by atoms with Gasteiger partial charge in [0.05, 0.1) is 31.7 Å². The van der Waals surface area contributed by atoms with Crippen molar-refractivity contribution < 1.29 is 5.11 Å². The monoisotopic (exact) mass is 340 g/mol. The molecular formula is C15H11Cl3N2O. The van der Waals surface area contributed by atoms with Crippen molar-refractivity contribution in [1.82, 2.24) is 9.97 Å². The number of hydrogen-bond donors (Lipinski definition) is 2. The lowest BCUT2D eigenvalue weighted by molar-refractivity contribution is 0.477. The maximum Gasteiger partial charge on any atom is 0.146 e. The van der Waals surface area contributed by atoms with Gasteiger partial charge < -0.3 is 10.1 Å². The molecule has 0 saturated carbocycles. The van der Waals surface area contributed by atoms with E-state index in [1.807, 2.05) is 26.0 Å². The molecule has 0 unspecified atom stereocenters. The van der Waals surface area contributed by atoms with Gasteiger partial charge in [0.25, 0.3) is 0 Å². The Kier molecular flexibility index (Phi) is 3.52. The Labute approximate surface area is 136 Å². The number of halogens is 3. The van der Waals surface area contributed by atoms with Gasteiger partial charge in [-0.05, 0) is 37.1 Å². The van der Waals surface area contributed by atoms with Crippen molar-refractivity contribution in [3.8, 4) is 17.1 Å². The zero-order valence-corrected chi connectivity index (χ0v) is 13.5. The standard InChI is InChI=1S/C15H11Cl3N2O/c1-6-3-7(2)13-10(4-6)19-15(20-13)11-12(18)8(16)5-9(17)14(11)21/h3-5,21H,1-2H3,(H,19,20). The van der Waals surface area contributed by atoms with Crippen LogP contribution in [0.4, 0.5) is 0 Å². The van der Waals surface area contributed by atoms with E-state index in [4.69, 9.17) is 34.8 Å². The van der Waals surface area contributed by atoms with E-state index in [9.17, 15) is 5.11 Å². The number of nitrogens with one attached hydrogen (secondary N) is 1. The molecule has 3 aromatic rings. The van der Waals surface area contributed by atoms with E-state index in [-0.39, 0.29) is 20.8 Å². The number of aryl methyl sites for hydroxylation is 2. The molecule has 2 N–H and O–H groups in total. The minimum Gasteiger partial charge on any atom is -0.506 e. The van der Waals surface area contributed by atoms with E-state index < -0.39 is 0 Å². The van der Waals surface area contributed by atoms with E-state index in [1.54, 1.807) is 0 Å². The van der Waals surface area contributed by atoms with E-state index in [2.05, 4.69) is 9.97 Å². The van der Waals surface area contributed by atoms with Crippen LogP contribution < -0.4 is 0 Å². The van der Waals surface area contributed by atoms with E-state index in [1.165, 1.54) is 6.07 Å². The van der Waals surface area contributed by atoms with Gasteiger partial charge in [-0.2, -0.15) is 0 Å². The van der Waals surface area contributed by atoms with Crippen LogP contribution >= 0.6 is 34.8 Å². The van der Waals surface area contributed by atoms with Crippen molar-refractivity contribution in [2.24, 2.45) is 0 Å². The molecule has 0 saturated heterocycles. The van der Waals surface area contributed by atoms with Gasteiger partial charge in [-0.15, -0.1) is 0 Å².